The van der Waals surface area contributed by atoms with Gasteiger partial charge in [0.05, 0.1) is 12.8 Å². The Morgan fingerprint density at radius 1 is 0.427 bits per heavy atom. The van der Waals surface area contributed by atoms with Crippen LogP contribution in [-0.2, 0) is 100.0 Å². The molecule has 2 aliphatic rings. The summed E-state index contributed by atoms with van der Waals surface area (Å²) in [6.45, 7) is 21.6. The molecule has 6 atom stereocenters. The van der Waals surface area contributed by atoms with Crippen LogP contribution in [0.25, 0.3) is 0 Å². The minimum absolute atomic E-state index is 0.0615. The summed E-state index contributed by atoms with van der Waals surface area (Å²) >= 11 is 0. The van der Waals surface area contributed by atoms with Gasteiger partial charge in [0, 0.05) is 49.4 Å². The standard InChI is InChI=1S/C60H81F6NO22/c1-13-41(68)78-29-57(30-79-42(69)14-2,31-80-43(70)15-3)35-84-47(74)19-39-20-53(7,8)27-55(11,22-39)24-48(75)85-37-59(63,64)88-50(61)51(62)89-60(65,66)38-86-49(76)25-56(12)23-40(21-54(9,10)28-56)26-67-52(77)87-36-58(32-81-44(71)16-4,33-82-45(72)17-5)34-83-46(73)18-6/h13-18,39-40,50-51H,1-6,19-38H2,7-12H3,(H,67,77). The van der Waals surface area contributed by atoms with Gasteiger partial charge in [0.2, 0.25) is 0 Å². The van der Waals surface area contributed by atoms with Crippen molar-refractivity contribution in [3.8, 4) is 0 Å². The Hall–Kier alpha value is -7.56. The number of halogens is 6. The maximum atomic E-state index is 14.8. The van der Waals surface area contributed by atoms with Gasteiger partial charge in [-0.25, -0.2) is 42.3 Å². The van der Waals surface area contributed by atoms with Gasteiger partial charge in [-0.3, -0.25) is 23.9 Å². The fourth-order valence-corrected chi connectivity index (χ4v) is 11.1. The van der Waals surface area contributed by atoms with Crippen molar-refractivity contribution in [1.82, 2.24) is 5.32 Å². The smallest absolute Gasteiger partial charge is 0.407 e. The Balaban J connectivity index is 2.01. The lowest BCUT2D eigenvalue weighted by molar-refractivity contribution is -0.373. The number of carbonyl (C=O) groups is 10. The quantitative estimate of drug-likeness (QED) is 0.0262. The molecule has 23 nitrogen and oxygen atoms in total. The molecule has 29 heteroatoms. The first-order valence-electron chi connectivity index (χ1n) is 27.7. The second-order valence-electron chi connectivity index (χ2n) is 24.4. The first-order chi connectivity index (χ1) is 41.2. The average molecular weight is 1280 g/mol. The summed E-state index contributed by atoms with van der Waals surface area (Å²) in [5.41, 5.74) is -6.35. The maximum Gasteiger partial charge on any atom is 0.407 e. The lowest BCUT2D eigenvalue weighted by Gasteiger charge is -2.46. The molecule has 500 valence electrons. The second-order valence-corrected chi connectivity index (χ2v) is 24.4. The highest BCUT2D eigenvalue weighted by Crippen LogP contribution is 2.52. The second kappa shape index (κ2) is 34.4. The number of esters is 9. The summed E-state index contributed by atoms with van der Waals surface area (Å²) in [5, 5.41) is 2.58. The van der Waals surface area contributed by atoms with E-state index in [0.29, 0.717) is 25.7 Å². The summed E-state index contributed by atoms with van der Waals surface area (Å²) in [6, 6.07) is 0. The Morgan fingerprint density at radius 3 is 1.03 bits per heavy atom. The van der Waals surface area contributed by atoms with Gasteiger partial charge in [0.15, 0.2) is 13.2 Å². The first kappa shape index (κ1) is 77.5. The highest BCUT2D eigenvalue weighted by molar-refractivity contribution is 5.83. The van der Waals surface area contributed by atoms with E-state index in [2.05, 4.69) is 63.7 Å². The van der Waals surface area contributed by atoms with Gasteiger partial charge in [-0.1, -0.05) is 81.0 Å². The van der Waals surface area contributed by atoms with Crippen molar-refractivity contribution < 1.29 is 131 Å². The van der Waals surface area contributed by atoms with Crippen molar-refractivity contribution >= 4 is 59.8 Å². The summed E-state index contributed by atoms with van der Waals surface area (Å²) in [4.78, 5) is 124. The number of ether oxygens (including phenoxy) is 12. The predicted octanol–water partition coefficient (Wildman–Crippen LogP) is 8.34. The molecule has 0 heterocycles. The number of rotatable bonds is 39. The molecule has 0 aliphatic heterocycles. The molecule has 0 bridgehead atoms. The van der Waals surface area contributed by atoms with Gasteiger partial charge in [0.25, 0.3) is 12.7 Å². The molecule has 0 aromatic rings. The zero-order valence-corrected chi connectivity index (χ0v) is 50.9. The number of amides is 1. The van der Waals surface area contributed by atoms with Gasteiger partial charge in [-0.2, -0.15) is 17.6 Å². The Bertz CT molecular complexity index is 2450. The van der Waals surface area contributed by atoms with Crippen molar-refractivity contribution in [2.24, 2.45) is 44.3 Å². The van der Waals surface area contributed by atoms with Crippen molar-refractivity contribution in [3.05, 3.63) is 75.9 Å². The van der Waals surface area contributed by atoms with Crippen LogP contribution in [0.3, 0.4) is 0 Å². The van der Waals surface area contributed by atoms with Crippen molar-refractivity contribution in [1.29, 1.82) is 0 Å². The van der Waals surface area contributed by atoms with Gasteiger partial charge in [-0.05, 0) is 72.0 Å². The van der Waals surface area contributed by atoms with E-state index < -0.39 is 202 Å². The molecule has 89 heavy (non-hydrogen) atoms. The molecule has 0 aromatic heterocycles. The van der Waals surface area contributed by atoms with Crippen molar-refractivity contribution in [2.75, 3.05) is 72.6 Å². The van der Waals surface area contributed by atoms with E-state index in [-0.39, 0.29) is 31.7 Å². The first-order valence-corrected chi connectivity index (χ1v) is 27.7. The third-order valence-corrected chi connectivity index (χ3v) is 13.9. The SMILES string of the molecule is C=CC(=O)OCC(COC(=O)C=C)(COC(=O)C=C)COC(=O)CC1CC(C)(C)CC(C)(CC(=O)OCC(F)(F)OC(F)C(F)OC(F)(F)COC(=O)CC2(C)CC(CNC(=O)OCC(COC(=O)C=C)(COC(=O)C=C)COC(=O)C=C)CC(C)(C)C2)C1. The Morgan fingerprint density at radius 2 is 0.708 bits per heavy atom. The summed E-state index contributed by atoms with van der Waals surface area (Å²) in [5.74, 6) is -9.63. The van der Waals surface area contributed by atoms with Gasteiger partial charge in [0.1, 0.15) is 63.7 Å². The van der Waals surface area contributed by atoms with Crippen LogP contribution in [0.15, 0.2) is 75.9 Å². The number of alkyl carbamates (subject to hydrolysis) is 1. The molecule has 0 saturated heterocycles. The van der Waals surface area contributed by atoms with Crippen LogP contribution in [0.1, 0.15) is 99.3 Å². The fraction of sp³-hybridized carbons (Fsp3) is 0.633. The molecule has 0 aromatic carbocycles. The van der Waals surface area contributed by atoms with E-state index in [4.69, 9.17) is 37.9 Å². The number of carbonyl (C=O) groups excluding carboxylic acids is 10. The van der Waals surface area contributed by atoms with Crippen LogP contribution in [0.4, 0.5) is 31.1 Å². The zero-order valence-electron chi connectivity index (χ0n) is 50.9. The number of nitrogens with one attached hydrogen (secondary N) is 1. The molecule has 1 N–H and O–H groups in total. The molecule has 2 rings (SSSR count). The third-order valence-electron chi connectivity index (χ3n) is 13.9. The molecular formula is C60H81F6NO22. The number of hydrogen-bond donors (Lipinski definition) is 1. The van der Waals surface area contributed by atoms with E-state index in [9.17, 15) is 74.3 Å². The van der Waals surface area contributed by atoms with Crippen LogP contribution in [-0.4, -0.2) is 157 Å². The van der Waals surface area contributed by atoms with Gasteiger partial charge < -0.3 is 52.7 Å². The van der Waals surface area contributed by atoms with E-state index in [1.54, 1.807) is 13.8 Å². The van der Waals surface area contributed by atoms with E-state index in [1.165, 1.54) is 0 Å². The fourth-order valence-electron chi connectivity index (χ4n) is 11.1. The third kappa shape index (κ3) is 29.5. The molecule has 6 unspecified atom stereocenters. The molecule has 0 radical (unpaired) electrons. The lowest BCUT2D eigenvalue weighted by Crippen LogP contribution is -2.45. The lowest BCUT2D eigenvalue weighted by atomic mass is 9.59. The van der Waals surface area contributed by atoms with Crippen molar-refractivity contribution in [3.63, 3.8) is 0 Å². The average Bonchev–Trinajstić information content (AvgIpc) is 2.48. The Kier molecular flexibility index (Phi) is 30.0. The van der Waals surface area contributed by atoms with Gasteiger partial charge >= 0.3 is 72.0 Å². The van der Waals surface area contributed by atoms with Crippen molar-refractivity contribution in [2.45, 2.75) is 124 Å². The number of hydrogen-bond acceptors (Lipinski definition) is 22. The molecule has 2 fully saturated rings. The van der Waals surface area contributed by atoms with Crippen LogP contribution in [0, 0.1) is 44.3 Å². The van der Waals surface area contributed by atoms with E-state index >= 15 is 0 Å². The molecule has 0 spiro atoms. The normalized spacial score (nSPS) is 20.4. The van der Waals surface area contributed by atoms with Crippen LogP contribution in [0.5, 0.6) is 0 Å². The highest BCUT2D eigenvalue weighted by Gasteiger charge is 2.48. The largest absolute Gasteiger partial charge is 0.465 e. The highest BCUT2D eigenvalue weighted by atomic mass is 19.3. The van der Waals surface area contributed by atoms with Crippen LogP contribution in [0.2, 0.25) is 0 Å². The number of alkyl halides is 6. The van der Waals surface area contributed by atoms with Crippen LogP contribution < -0.4 is 5.32 Å². The van der Waals surface area contributed by atoms with Gasteiger partial charge in [-0.15, -0.1) is 0 Å². The minimum Gasteiger partial charge on any atom is -0.465 e. The topological polar surface area (TPSA) is 293 Å². The maximum absolute atomic E-state index is 14.8. The molecule has 1 amide bonds. The Labute approximate surface area is 512 Å². The predicted molar refractivity (Wildman–Crippen MR) is 298 cm³/mol. The van der Waals surface area contributed by atoms with E-state index in [0.717, 1.165) is 36.5 Å². The molecule has 2 aliphatic carbocycles. The zero-order chi connectivity index (χ0) is 67.7. The summed E-state index contributed by atoms with van der Waals surface area (Å²) in [6.07, 6.45) is -12.9. The summed E-state index contributed by atoms with van der Waals surface area (Å²) in [7, 11) is 0. The molecular weight excluding hydrogens is 1200 g/mol. The van der Waals surface area contributed by atoms with Crippen LogP contribution >= 0.6 is 0 Å². The summed E-state index contributed by atoms with van der Waals surface area (Å²) < 4.78 is 147. The minimum atomic E-state index is -4.81. The molecule has 2 saturated carbocycles. The monoisotopic (exact) mass is 1280 g/mol. The van der Waals surface area contributed by atoms with E-state index in [1.807, 2.05) is 27.7 Å².